The maximum absolute atomic E-state index is 11.8. The van der Waals surface area contributed by atoms with Gasteiger partial charge in [0.1, 0.15) is 23.7 Å². The van der Waals surface area contributed by atoms with E-state index < -0.39 is 11.7 Å². The summed E-state index contributed by atoms with van der Waals surface area (Å²) in [5.74, 6) is 1.47. The first kappa shape index (κ1) is 23.0. The van der Waals surface area contributed by atoms with Gasteiger partial charge in [0.15, 0.2) is 0 Å². The molecule has 8 heteroatoms. The van der Waals surface area contributed by atoms with Crippen LogP contribution in [0, 0.1) is 0 Å². The molecule has 0 spiro atoms. The topological polar surface area (TPSA) is 86.6 Å². The molecule has 1 amide bonds. The molecule has 0 bridgehead atoms. The van der Waals surface area contributed by atoms with Crippen LogP contribution in [0.15, 0.2) is 54.7 Å². The van der Waals surface area contributed by atoms with E-state index in [2.05, 4.69) is 15.7 Å². The van der Waals surface area contributed by atoms with Gasteiger partial charge in [0.2, 0.25) is 0 Å². The lowest BCUT2D eigenvalue weighted by molar-refractivity contribution is 0.0520. The molecule has 170 valence electrons. The number of nitrogens with one attached hydrogen (secondary N) is 2. The van der Waals surface area contributed by atoms with Gasteiger partial charge in [-0.05, 0) is 57.2 Å². The highest BCUT2D eigenvalue weighted by Crippen LogP contribution is 2.33. The van der Waals surface area contributed by atoms with E-state index in [1.807, 2.05) is 76.3 Å². The largest absolute Gasteiger partial charge is 0.497 e. The number of hydrogen-bond acceptors (Lipinski definition) is 6. The first-order chi connectivity index (χ1) is 15.2. The fourth-order valence-electron chi connectivity index (χ4n) is 3.07. The van der Waals surface area contributed by atoms with Gasteiger partial charge >= 0.3 is 6.09 Å². The Morgan fingerprint density at radius 1 is 1.09 bits per heavy atom. The van der Waals surface area contributed by atoms with E-state index in [-0.39, 0.29) is 0 Å². The Hall–Kier alpha value is -3.68. The molecule has 0 saturated carbocycles. The molecular formula is C24H30N4O4. The van der Waals surface area contributed by atoms with Gasteiger partial charge in [0, 0.05) is 36.2 Å². The number of rotatable bonds is 8. The molecule has 1 heterocycles. The number of ether oxygens (including phenoxy) is 3. The Kier molecular flexibility index (Phi) is 7.25. The Balaban J connectivity index is 1.73. The smallest absolute Gasteiger partial charge is 0.407 e. The lowest BCUT2D eigenvalue weighted by Crippen LogP contribution is -2.34. The molecule has 2 N–H and O–H groups in total. The van der Waals surface area contributed by atoms with Gasteiger partial charge in [-0.1, -0.05) is 6.07 Å². The van der Waals surface area contributed by atoms with Crippen LogP contribution in [0.3, 0.4) is 0 Å². The van der Waals surface area contributed by atoms with E-state index >= 15 is 0 Å². The number of aromatic nitrogens is 2. The summed E-state index contributed by atoms with van der Waals surface area (Å²) >= 11 is 0. The molecule has 0 atom stereocenters. The van der Waals surface area contributed by atoms with Crippen molar-refractivity contribution in [2.45, 2.75) is 26.4 Å². The number of amides is 1. The monoisotopic (exact) mass is 438 g/mol. The van der Waals surface area contributed by atoms with Crippen molar-refractivity contribution in [3.8, 4) is 22.8 Å². The summed E-state index contributed by atoms with van der Waals surface area (Å²) in [6, 6.07) is 15.5. The number of carbonyl (C=O) groups is 1. The van der Waals surface area contributed by atoms with Crippen LogP contribution >= 0.6 is 0 Å². The Morgan fingerprint density at radius 3 is 2.56 bits per heavy atom. The van der Waals surface area contributed by atoms with Gasteiger partial charge in [-0.15, -0.1) is 0 Å². The van der Waals surface area contributed by atoms with Crippen molar-refractivity contribution < 1.29 is 19.0 Å². The third-order valence-corrected chi connectivity index (χ3v) is 4.46. The minimum atomic E-state index is -0.538. The molecule has 0 aliphatic rings. The van der Waals surface area contributed by atoms with Crippen molar-refractivity contribution in [2.24, 2.45) is 7.05 Å². The highest BCUT2D eigenvalue weighted by Gasteiger charge is 2.16. The number of anilines is 2. The van der Waals surface area contributed by atoms with Crippen molar-refractivity contribution in [1.29, 1.82) is 0 Å². The molecule has 3 aromatic rings. The molecule has 1 aromatic heterocycles. The zero-order chi connectivity index (χ0) is 23.1. The third-order valence-electron chi connectivity index (χ3n) is 4.46. The van der Waals surface area contributed by atoms with Gasteiger partial charge in [-0.2, -0.15) is 5.10 Å². The van der Waals surface area contributed by atoms with Crippen LogP contribution in [-0.4, -0.2) is 41.7 Å². The van der Waals surface area contributed by atoms with E-state index in [0.717, 1.165) is 28.4 Å². The molecule has 0 aliphatic heterocycles. The van der Waals surface area contributed by atoms with E-state index in [9.17, 15) is 4.79 Å². The van der Waals surface area contributed by atoms with Crippen molar-refractivity contribution in [1.82, 2.24) is 15.1 Å². The Labute approximate surface area is 188 Å². The van der Waals surface area contributed by atoms with Crippen molar-refractivity contribution in [3.63, 3.8) is 0 Å². The van der Waals surface area contributed by atoms with Crippen LogP contribution in [0.1, 0.15) is 20.8 Å². The predicted octanol–water partition coefficient (Wildman–Crippen LogP) is 4.74. The number of hydrogen-bond donors (Lipinski definition) is 2. The van der Waals surface area contributed by atoms with E-state index in [1.54, 1.807) is 18.0 Å². The fraction of sp³-hybridized carbons (Fsp3) is 0.333. The van der Waals surface area contributed by atoms with Crippen molar-refractivity contribution in [2.75, 3.05) is 25.6 Å². The maximum atomic E-state index is 11.8. The molecule has 0 unspecified atom stereocenters. The number of methoxy groups -OCH3 is 1. The van der Waals surface area contributed by atoms with Crippen LogP contribution < -0.4 is 20.1 Å². The Morgan fingerprint density at radius 2 is 1.88 bits per heavy atom. The van der Waals surface area contributed by atoms with Crippen LogP contribution in [0.25, 0.3) is 11.3 Å². The summed E-state index contributed by atoms with van der Waals surface area (Å²) in [6.07, 6.45) is 1.27. The number of aryl methyl sites for hydroxylation is 1. The van der Waals surface area contributed by atoms with Gasteiger partial charge in [0.25, 0.3) is 0 Å². The van der Waals surface area contributed by atoms with E-state index in [1.165, 1.54) is 0 Å². The van der Waals surface area contributed by atoms with Crippen LogP contribution in [-0.2, 0) is 11.8 Å². The molecule has 0 radical (unpaired) electrons. The quantitative estimate of drug-likeness (QED) is 0.494. The second kappa shape index (κ2) is 10.1. The lowest BCUT2D eigenvalue weighted by Gasteiger charge is -2.20. The molecule has 0 aliphatic carbocycles. The summed E-state index contributed by atoms with van der Waals surface area (Å²) in [6.45, 7) is 6.09. The number of alkyl carbamates (subject to hydrolysis) is 1. The molecule has 8 nitrogen and oxygen atoms in total. The summed E-state index contributed by atoms with van der Waals surface area (Å²) < 4.78 is 18.3. The number of benzene rings is 2. The summed E-state index contributed by atoms with van der Waals surface area (Å²) in [5.41, 5.74) is 3.07. The maximum Gasteiger partial charge on any atom is 0.407 e. The standard InChI is InChI=1S/C24H30N4O4/c1-24(2,3)32-23(29)25-13-14-31-22-10-9-18(16-20(22)21-11-12-26-28(21)4)27-17-7-6-8-19(15-17)30-5/h6-12,15-16,27H,13-14H2,1-5H3,(H,25,29). The number of carbonyl (C=O) groups excluding carboxylic acids is 1. The predicted molar refractivity (Wildman–Crippen MR) is 125 cm³/mol. The molecule has 2 aromatic carbocycles. The lowest BCUT2D eigenvalue weighted by atomic mass is 10.1. The average Bonchev–Trinajstić information content (AvgIpc) is 3.16. The van der Waals surface area contributed by atoms with Gasteiger partial charge in [-0.3, -0.25) is 4.68 Å². The van der Waals surface area contributed by atoms with Crippen LogP contribution in [0.2, 0.25) is 0 Å². The third kappa shape index (κ3) is 6.41. The summed E-state index contributed by atoms with van der Waals surface area (Å²) in [4.78, 5) is 11.8. The summed E-state index contributed by atoms with van der Waals surface area (Å²) in [7, 11) is 3.52. The van der Waals surface area contributed by atoms with E-state index in [0.29, 0.717) is 18.9 Å². The first-order valence-corrected chi connectivity index (χ1v) is 10.4. The highest BCUT2D eigenvalue weighted by atomic mass is 16.6. The molecule has 0 fully saturated rings. The van der Waals surface area contributed by atoms with Crippen molar-refractivity contribution in [3.05, 3.63) is 54.7 Å². The van der Waals surface area contributed by atoms with Crippen LogP contribution in [0.5, 0.6) is 11.5 Å². The highest BCUT2D eigenvalue weighted by molar-refractivity contribution is 5.74. The fourth-order valence-corrected chi connectivity index (χ4v) is 3.07. The van der Waals surface area contributed by atoms with Gasteiger partial charge in [-0.25, -0.2) is 4.79 Å². The van der Waals surface area contributed by atoms with Crippen LogP contribution in [0.4, 0.5) is 16.2 Å². The average molecular weight is 439 g/mol. The van der Waals surface area contributed by atoms with E-state index in [4.69, 9.17) is 14.2 Å². The first-order valence-electron chi connectivity index (χ1n) is 10.4. The normalized spacial score (nSPS) is 11.0. The Bertz CT molecular complexity index is 1060. The SMILES string of the molecule is COc1cccc(Nc2ccc(OCCNC(=O)OC(C)(C)C)c(-c3ccnn3C)c2)c1. The number of nitrogens with zero attached hydrogens (tertiary/aromatic N) is 2. The summed E-state index contributed by atoms with van der Waals surface area (Å²) in [5, 5.41) is 10.4. The zero-order valence-electron chi connectivity index (χ0n) is 19.1. The second-order valence-corrected chi connectivity index (χ2v) is 8.19. The molecule has 3 rings (SSSR count). The van der Waals surface area contributed by atoms with Gasteiger partial charge in [0.05, 0.1) is 19.3 Å². The second-order valence-electron chi connectivity index (χ2n) is 8.19. The van der Waals surface area contributed by atoms with Gasteiger partial charge < -0.3 is 24.8 Å². The van der Waals surface area contributed by atoms with Crippen molar-refractivity contribution >= 4 is 17.5 Å². The minimum Gasteiger partial charge on any atom is -0.497 e. The molecular weight excluding hydrogens is 408 g/mol. The molecule has 32 heavy (non-hydrogen) atoms. The molecule has 0 saturated heterocycles. The minimum absolute atomic E-state index is 0.298. The zero-order valence-corrected chi connectivity index (χ0v) is 19.1.